The molecule has 20 heavy (non-hydrogen) atoms. The summed E-state index contributed by atoms with van der Waals surface area (Å²) in [6, 6.07) is 8.68. The lowest BCUT2D eigenvalue weighted by Crippen LogP contribution is -2.38. The Morgan fingerprint density at radius 2 is 1.05 bits per heavy atom. The summed E-state index contributed by atoms with van der Waals surface area (Å²) in [6.07, 6.45) is 4.21. The molecule has 0 fully saturated rings. The molecule has 2 rings (SSSR count). The molecule has 2 heterocycles. The molecule has 106 valence electrons. The number of hydrogen-bond donors (Lipinski definition) is 0. The third-order valence-corrected chi connectivity index (χ3v) is 3.56. The van der Waals surface area contributed by atoms with Crippen molar-refractivity contribution in [3.63, 3.8) is 0 Å². The minimum absolute atomic E-state index is 1.20. The summed E-state index contributed by atoms with van der Waals surface area (Å²) < 4.78 is 4.31. The molecule has 0 aliphatic heterocycles. The average molecular weight is 272 g/mol. The third-order valence-electron chi connectivity index (χ3n) is 3.56. The average Bonchev–Trinajstić information content (AvgIpc) is 2.39. The lowest BCUT2D eigenvalue weighted by molar-refractivity contribution is -0.690. The predicted octanol–water partition coefficient (Wildman–Crippen LogP) is 1.13. The van der Waals surface area contributed by atoms with Gasteiger partial charge in [-0.15, -0.1) is 0 Å². The molecule has 0 unspecified atom stereocenters. The largest absolute Gasteiger partial charge is 0.377 e. The lowest BCUT2D eigenvalue weighted by Gasteiger charge is -2.13. The van der Waals surface area contributed by atoms with Gasteiger partial charge in [0.05, 0.1) is 0 Å². The van der Waals surface area contributed by atoms with Crippen molar-refractivity contribution >= 4 is 11.4 Å². The van der Waals surface area contributed by atoms with Crippen molar-refractivity contribution in [2.45, 2.75) is 0 Å². The second-order valence-corrected chi connectivity index (χ2v) is 5.55. The SMILES string of the molecule is CN(C)c1cc[n+](C)c(-c2cc(N(C)C)cc[n+]2C)c1. The minimum atomic E-state index is 1.20. The van der Waals surface area contributed by atoms with E-state index in [1.165, 1.54) is 22.8 Å². The van der Waals surface area contributed by atoms with Gasteiger partial charge in [-0.2, -0.15) is 9.13 Å². The molecule has 0 saturated carbocycles. The van der Waals surface area contributed by atoms with Gasteiger partial charge in [0.2, 0.25) is 0 Å². The third kappa shape index (κ3) is 2.74. The highest BCUT2D eigenvalue weighted by Gasteiger charge is 2.21. The van der Waals surface area contributed by atoms with E-state index < -0.39 is 0 Å². The van der Waals surface area contributed by atoms with Gasteiger partial charge in [0, 0.05) is 63.8 Å². The van der Waals surface area contributed by atoms with Gasteiger partial charge in [0.15, 0.2) is 12.4 Å². The zero-order chi connectivity index (χ0) is 14.9. The van der Waals surface area contributed by atoms with Gasteiger partial charge in [0.1, 0.15) is 14.1 Å². The molecular weight excluding hydrogens is 248 g/mol. The van der Waals surface area contributed by atoms with Crippen LogP contribution in [-0.4, -0.2) is 28.2 Å². The first kappa shape index (κ1) is 14.3. The van der Waals surface area contributed by atoms with Gasteiger partial charge < -0.3 is 9.80 Å². The molecule has 0 radical (unpaired) electrons. The van der Waals surface area contributed by atoms with Crippen LogP contribution in [0.5, 0.6) is 0 Å². The Morgan fingerprint density at radius 1 is 0.700 bits per heavy atom. The highest BCUT2D eigenvalue weighted by molar-refractivity contribution is 5.60. The van der Waals surface area contributed by atoms with E-state index in [9.17, 15) is 0 Å². The molecule has 2 aromatic heterocycles. The van der Waals surface area contributed by atoms with E-state index in [2.05, 4.69) is 97.9 Å². The van der Waals surface area contributed by atoms with Crippen LogP contribution in [0.2, 0.25) is 0 Å². The van der Waals surface area contributed by atoms with Crippen molar-refractivity contribution in [2.24, 2.45) is 14.1 Å². The van der Waals surface area contributed by atoms with Crippen LogP contribution in [0.4, 0.5) is 11.4 Å². The molecule has 0 aliphatic carbocycles. The zero-order valence-electron chi connectivity index (χ0n) is 13.3. The number of anilines is 2. The fourth-order valence-electron chi connectivity index (χ4n) is 2.18. The smallest absolute Gasteiger partial charge is 0.279 e. The Morgan fingerprint density at radius 3 is 1.35 bits per heavy atom. The van der Waals surface area contributed by atoms with E-state index in [-0.39, 0.29) is 0 Å². The Labute approximate surface area is 121 Å². The Hall–Kier alpha value is -2.10. The molecule has 0 saturated heterocycles. The maximum absolute atomic E-state index is 2.22. The van der Waals surface area contributed by atoms with Crippen LogP contribution >= 0.6 is 0 Å². The van der Waals surface area contributed by atoms with Crippen molar-refractivity contribution in [1.82, 2.24) is 0 Å². The summed E-state index contributed by atoms with van der Waals surface area (Å²) in [5, 5.41) is 0. The summed E-state index contributed by atoms with van der Waals surface area (Å²) in [4.78, 5) is 4.25. The van der Waals surface area contributed by atoms with Crippen LogP contribution < -0.4 is 18.9 Å². The number of aromatic nitrogens is 2. The predicted molar refractivity (Wildman–Crippen MR) is 82.9 cm³/mol. The molecule has 0 N–H and O–H groups in total. The molecule has 0 amide bonds. The molecule has 0 aromatic carbocycles. The maximum atomic E-state index is 2.22. The van der Waals surface area contributed by atoms with Gasteiger partial charge in [-0.1, -0.05) is 0 Å². The van der Waals surface area contributed by atoms with Crippen LogP contribution in [0.25, 0.3) is 11.4 Å². The van der Waals surface area contributed by atoms with Gasteiger partial charge in [-0.3, -0.25) is 0 Å². The normalized spacial score (nSPS) is 10.5. The summed E-state index contributed by atoms with van der Waals surface area (Å²) in [7, 11) is 12.4. The topological polar surface area (TPSA) is 14.2 Å². The minimum Gasteiger partial charge on any atom is -0.377 e. The molecule has 4 nitrogen and oxygen atoms in total. The Balaban J connectivity index is 2.61. The first-order chi connectivity index (χ1) is 9.40. The quantitative estimate of drug-likeness (QED) is 0.778. The number of aryl methyl sites for hydroxylation is 2. The van der Waals surface area contributed by atoms with E-state index in [1.807, 2.05) is 0 Å². The van der Waals surface area contributed by atoms with Gasteiger partial charge >= 0.3 is 0 Å². The fraction of sp³-hybridized carbons (Fsp3) is 0.375. The highest BCUT2D eigenvalue weighted by atomic mass is 15.1. The van der Waals surface area contributed by atoms with Crippen LogP contribution in [-0.2, 0) is 14.1 Å². The van der Waals surface area contributed by atoms with Crippen molar-refractivity contribution < 1.29 is 9.13 Å². The summed E-state index contributed by atoms with van der Waals surface area (Å²) in [5.74, 6) is 0. The number of hydrogen-bond acceptors (Lipinski definition) is 2. The lowest BCUT2D eigenvalue weighted by atomic mass is 10.2. The second-order valence-electron chi connectivity index (χ2n) is 5.55. The summed E-state index contributed by atoms with van der Waals surface area (Å²) in [5.41, 5.74) is 4.80. The van der Waals surface area contributed by atoms with E-state index >= 15 is 0 Å². The molecule has 4 heteroatoms. The van der Waals surface area contributed by atoms with Gasteiger partial charge in [0.25, 0.3) is 11.4 Å². The van der Waals surface area contributed by atoms with Crippen LogP contribution in [0.3, 0.4) is 0 Å². The van der Waals surface area contributed by atoms with Crippen molar-refractivity contribution in [1.29, 1.82) is 0 Å². The Bertz CT molecular complexity index is 562. The van der Waals surface area contributed by atoms with Crippen LogP contribution in [0.1, 0.15) is 0 Å². The Kier molecular flexibility index (Phi) is 3.93. The fourth-order valence-corrected chi connectivity index (χ4v) is 2.18. The van der Waals surface area contributed by atoms with Crippen molar-refractivity contribution in [3.05, 3.63) is 36.7 Å². The first-order valence-electron chi connectivity index (χ1n) is 6.74. The van der Waals surface area contributed by atoms with E-state index in [4.69, 9.17) is 0 Å². The van der Waals surface area contributed by atoms with Gasteiger partial charge in [-0.05, 0) is 0 Å². The molecule has 2 aromatic rings. The van der Waals surface area contributed by atoms with Crippen molar-refractivity contribution in [3.8, 4) is 11.4 Å². The first-order valence-corrected chi connectivity index (χ1v) is 6.74. The van der Waals surface area contributed by atoms with E-state index in [0.717, 1.165) is 0 Å². The zero-order valence-corrected chi connectivity index (χ0v) is 13.3. The summed E-state index contributed by atoms with van der Waals surface area (Å²) >= 11 is 0. The standard InChI is InChI=1S/C16H24N4/c1-17(2)13-7-9-19(5)15(11-13)16-12-14(18(3)4)8-10-20(16)6/h7-12H,1-6H3/q+2. The number of rotatable bonds is 3. The maximum Gasteiger partial charge on any atom is 0.279 e. The van der Waals surface area contributed by atoms with Crippen LogP contribution in [0.15, 0.2) is 36.7 Å². The molecule has 0 aliphatic rings. The number of nitrogens with zero attached hydrogens (tertiary/aromatic N) is 4. The van der Waals surface area contributed by atoms with E-state index in [0.29, 0.717) is 0 Å². The second kappa shape index (κ2) is 5.49. The van der Waals surface area contributed by atoms with Gasteiger partial charge in [-0.25, -0.2) is 0 Å². The van der Waals surface area contributed by atoms with Crippen molar-refractivity contribution in [2.75, 3.05) is 38.0 Å². The molecular formula is C16H24N4+2. The molecule has 0 atom stereocenters. The van der Waals surface area contributed by atoms with Crippen LogP contribution in [0, 0.1) is 0 Å². The molecule has 0 bridgehead atoms. The highest BCUT2D eigenvalue weighted by Crippen LogP contribution is 2.20. The monoisotopic (exact) mass is 272 g/mol. The number of pyridine rings is 2. The molecule has 0 spiro atoms. The van der Waals surface area contributed by atoms with E-state index in [1.54, 1.807) is 0 Å². The summed E-state index contributed by atoms with van der Waals surface area (Å²) in [6.45, 7) is 0.